The van der Waals surface area contributed by atoms with Gasteiger partial charge in [-0.2, -0.15) is 5.10 Å². The second kappa shape index (κ2) is 7.88. The maximum absolute atomic E-state index is 12.3. The zero-order chi connectivity index (χ0) is 17.8. The molecule has 2 heterocycles. The summed E-state index contributed by atoms with van der Waals surface area (Å²) in [6.07, 6.45) is 1.53. The highest BCUT2D eigenvalue weighted by Crippen LogP contribution is 2.22. The summed E-state index contributed by atoms with van der Waals surface area (Å²) in [4.78, 5) is 27.5. The number of ether oxygens (including phenoxy) is 1. The van der Waals surface area contributed by atoms with Crippen LogP contribution in [0.3, 0.4) is 0 Å². The molecule has 1 aliphatic rings. The van der Waals surface area contributed by atoms with E-state index in [-0.39, 0.29) is 17.5 Å². The number of anilines is 1. The first kappa shape index (κ1) is 17.8. The summed E-state index contributed by atoms with van der Waals surface area (Å²) < 4.78 is 6.47. The smallest absolute Gasteiger partial charge is 0.285 e. The summed E-state index contributed by atoms with van der Waals surface area (Å²) in [7, 11) is 0. The lowest BCUT2D eigenvalue weighted by molar-refractivity contribution is -0.133. The molecule has 0 unspecified atom stereocenters. The molecule has 0 bridgehead atoms. The molecule has 0 spiro atoms. The van der Waals surface area contributed by atoms with Crippen molar-refractivity contribution in [1.29, 1.82) is 0 Å². The van der Waals surface area contributed by atoms with Crippen LogP contribution in [0.15, 0.2) is 39.7 Å². The summed E-state index contributed by atoms with van der Waals surface area (Å²) >= 11 is 9.38. The van der Waals surface area contributed by atoms with E-state index in [1.807, 2.05) is 17.0 Å². The van der Waals surface area contributed by atoms with Gasteiger partial charge >= 0.3 is 0 Å². The molecule has 0 radical (unpaired) electrons. The predicted molar refractivity (Wildman–Crippen MR) is 98.3 cm³/mol. The fraction of sp³-hybridized carbons (Fsp3) is 0.312. The molecule has 3 rings (SSSR count). The molecule has 132 valence electrons. The summed E-state index contributed by atoms with van der Waals surface area (Å²) in [5, 5.41) is 6.19. The normalized spacial score (nSPS) is 14.5. The molecule has 9 heteroatoms. The molecule has 0 saturated carbocycles. The van der Waals surface area contributed by atoms with Crippen LogP contribution in [0.5, 0.6) is 5.75 Å². The first-order valence-corrected chi connectivity index (χ1v) is 8.86. The van der Waals surface area contributed by atoms with Gasteiger partial charge in [-0.05, 0) is 24.3 Å². The maximum atomic E-state index is 12.3. The third kappa shape index (κ3) is 4.32. The van der Waals surface area contributed by atoms with Gasteiger partial charge in [0.2, 0.25) is 0 Å². The number of H-pyrrole nitrogens is 1. The van der Waals surface area contributed by atoms with Gasteiger partial charge in [0, 0.05) is 30.7 Å². The number of benzene rings is 1. The minimum absolute atomic E-state index is 0.00501. The number of piperazine rings is 1. The molecular formula is C16H16BrClN4O3. The standard InChI is InChI=1S/C16H16BrClN4O3/c17-11-1-3-12(4-2-11)25-10-14(23)22-7-5-21(6-8-22)13-9-19-20-16(24)15(13)18/h1-4,9H,5-8,10H2,(H,20,24). The van der Waals surface area contributed by atoms with Crippen molar-refractivity contribution in [2.45, 2.75) is 0 Å². The number of hydrogen-bond donors (Lipinski definition) is 1. The molecule has 1 fully saturated rings. The van der Waals surface area contributed by atoms with E-state index in [1.165, 1.54) is 6.20 Å². The van der Waals surface area contributed by atoms with Crippen LogP contribution in [0.25, 0.3) is 0 Å². The predicted octanol–water partition coefficient (Wildman–Crippen LogP) is 1.91. The summed E-state index contributed by atoms with van der Waals surface area (Å²) in [6.45, 7) is 2.22. The highest BCUT2D eigenvalue weighted by atomic mass is 79.9. The first-order chi connectivity index (χ1) is 12.0. The molecule has 0 aliphatic carbocycles. The third-order valence-electron chi connectivity index (χ3n) is 3.93. The zero-order valence-corrected chi connectivity index (χ0v) is 15.6. The molecule has 7 nitrogen and oxygen atoms in total. The number of aromatic nitrogens is 2. The van der Waals surface area contributed by atoms with Crippen molar-refractivity contribution in [2.75, 3.05) is 37.7 Å². The molecule has 1 aromatic carbocycles. The Kier molecular flexibility index (Phi) is 5.60. The van der Waals surface area contributed by atoms with E-state index in [0.29, 0.717) is 37.6 Å². The lowest BCUT2D eigenvalue weighted by Gasteiger charge is -2.36. The van der Waals surface area contributed by atoms with Crippen molar-refractivity contribution < 1.29 is 9.53 Å². The van der Waals surface area contributed by atoms with Gasteiger partial charge in [0.1, 0.15) is 10.8 Å². The third-order valence-corrected chi connectivity index (χ3v) is 4.82. The van der Waals surface area contributed by atoms with Crippen LogP contribution in [0.1, 0.15) is 0 Å². The van der Waals surface area contributed by atoms with Crippen molar-refractivity contribution in [3.05, 3.63) is 50.3 Å². The van der Waals surface area contributed by atoms with E-state index in [2.05, 4.69) is 26.1 Å². The zero-order valence-electron chi connectivity index (χ0n) is 13.2. The van der Waals surface area contributed by atoms with Gasteiger partial charge in [0.15, 0.2) is 6.61 Å². The Morgan fingerprint density at radius 1 is 1.24 bits per heavy atom. The number of nitrogens with one attached hydrogen (secondary N) is 1. The van der Waals surface area contributed by atoms with Gasteiger partial charge in [-0.3, -0.25) is 9.59 Å². The van der Waals surface area contributed by atoms with E-state index < -0.39 is 5.56 Å². The largest absolute Gasteiger partial charge is 0.484 e. The van der Waals surface area contributed by atoms with E-state index in [4.69, 9.17) is 16.3 Å². The van der Waals surface area contributed by atoms with Gasteiger partial charge in [0.05, 0.1) is 11.9 Å². The number of carbonyl (C=O) groups excluding carboxylic acids is 1. The van der Waals surface area contributed by atoms with Crippen molar-refractivity contribution in [1.82, 2.24) is 15.1 Å². The molecule has 0 atom stereocenters. The Bertz CT molecular complexity index is 804. The Hall–Kier alpha value is -2.06. The number of amides is 1. The van der Waals surface area contributed by atoms with Crippen molar-refractivity contribution in [3.63, 3.8) is 0 Å². The van der Waals surface area contributed by atoms with E-state index in [9.17, 15) is 9.59 Å². The first-order valence-electron chi connectivity index (χ1n) is 7.69. The van der Waals surface area contributed by atoms with Gasteiger partial charge in [-0.25, -0.2) is 5.10 Å². The van der Waals surface area contributed by atoms with E-state index >= 15 is 0 Å². The second-order valence-corrected chi connectivity index (χ2v) is 6.80. The van der Waals surface area contributed by atoms with Crippen LogP contribution >= 0.6 is 27.5 Å². The van der Waals surface area contributed by atoms with Crippen LogP contribution in [-0.4, -0.2) is 53.8 Å². The van der Waals surface area contributed by atoms with E-state index in [1.54, 1.807) is 17.0 Å². The average Bonchev–Trinajstić information content (AvgIpc) is 2.63. The lowest BCUT2D eigenvalue weighted by atomic mass is 10.3. The Morgan fingerprint density at radius 2 is 1.92 bits per heavy atom. The highest BCUT2D eigenvalue weighted by molar-refractivity contribution is 9.10. The van der Waals surface area contributed by atoms with Crippen LogP contribution in [0, 0.1) is 0 Å². The molecule has 1 saturated heterocycles. The number of hydrogen-bond acceptors (Lipinski definition) is 5. The van der Waals surface area contributed by atoms with Crippen LogP contribution in [0.4, 0.5) is 5.69 Å². The molecule has 1 aliphatic heterocycles. The quantitative estimate of drug-likeness (QED) is 0.806. The minimum atomic E-state index is -0.416. The fourth-order valence-electron chi connectivity index (χ4n) is 2.56. The molecule has 1 N–H and O–H groups in total. The Balaban J connectivity index is 1.53. The maximum Gasteiger partial charge on any atom is 0.285 e. The van der Waals surface area contributed by atoms with Crippen LogP contribution in [-0.2, 0) is 4.79 Å². The Morgan fingerprint density at radius 3 is 2.60 bits per heavy atom. The Labute approximate surface area is 157 Å². The van der Waals surface area contributed by atoms with Crippen molar-refractivity contribution in [3.8, 4) is 5.75 Å². The van der Waals surface area contributed by atoms with Crippen LogP contribution < -0.4 is 15.2 Å². The number of aromatic amines is 1. The monoisotopic (exact) mass is 426 g/mol. The summed E-state index contributed by atoms with van der Waals surface area (Å²) in [5.41, 5.74) is 0.171. The van der Waals surface area contributed by atoms with Gasteiger partial charge in [0.25, 0.3) is 11.5 Å². The molecule has 1 amide bonds. The van der Waals surface area contributed by atoms with Crippen molar-refractivity contribution in [2.24, 2.45) is 0 Å². The lowest BCUT2D eigenvalue weighted by Crippen LogP contribution is -2.50. The average molecular weight is 428 g/mol. The molecule has 2 aromatic rings. The topological polar surface area (TPSA) is 78.5 Å². The van der Waals surface area contributed by atoms with Gasteiger partial charge in [-0.15, -0.1) is 0 Å². The number of carbonyl (C=O) groups is 1. The number of halogens is 2. The second-order valence-electron chi connectivity index (χ2n) is 5.51. The molecule has 1 aromatic heterocycles. The number of nitrogens with zero attached hydrogens (tertiary/aromatic N) is 3. The van der Waals surface area contributed by atoms with Crippen LogP contribution in [0.2, 0.25) is 5.02 Å². The SMILES string of the molecule is O=C(COc1ccc(Br)cc1)N1CCN(c2cn[nH]c(=O)c2Cl)CC1. The minimum Gasteiger partial charge on any atom is -0.484 e. The molecular weight excluding hydrogens is 412 g/mol. The number of rotatable bonds is 4. The van der Waals surface area contributed by atoms with E-state index in [0.717, 1.165) is 4.47 Å². The van der Waals surface area contributed by atoms with Gasteiger partial charge in [-0.1, -0.05) is 27.5 Å². The fourth-order valence-corrected chi connectivity index (χ4v) is 3.03. The summed E-state index contributed by atoms with van der Waals surface area (Å²) in [5.74, 6) is 0.578. The van der Waals surface area contributed by atoms with Crippen molar-refractivity contribution >= 4 is 39.1 Å². The highest BCUT2D eigenvalue weighted by Gasteiger charge is 2.23. The molecule has 25 heavy (non-hydrogen) atoms. The summed E-state index contributed by atoms with van der Waals surface area (Å²) in [6, 6.07) is 7.32. The van der Waals surface area contributed by atoms with Gasteiger partial charge < -0.3 is 14.5 Å².